The van der Waals surface area contributed by atoms with E-state index in [0.717, 1.165) is 89.9 Å². The minimum absolute atomic E-state index is 0.0246. The van der Waals surface area contributed by atoms with Gasteiger partial charge in [-0.1, -0.05) is 275 Å². The number of nitrogens with one attached hydrogen (secondary N) is 1. The molecule has 0 radical (unpaired) electrons. The van der Waals surface area contributed by atoms with E-state index in [2.05, 4.69) is 74.7 Å². The van der Waals surface area contributed by atoms with Crippen molar-refractivity contribution in [3.05, 3.63) is 60.8 Å². The smallest absolute Gasteiger partial charge is 0.306 e. The Balaban J connectivity index is 5.22. The maximum atomic E-state index is 13.6. The number of unbranched alkanes of at least 4 members (excludes halogenated alkanes) is 35. The average Bonchev–Trinajstić information content (AvgIpc) is 3.39. The standard InChI is InChI=1S/C67H125N2O7P/c1-7-10-13-16-19-22-25-28-30-31-32-33-34-35-36-37-39-41-44-47-50-53-56-59-66(70)68-64(63-75-77(72,73)74-62-61-69(4,5)6)65(58-55-52-49-46-43-40-27-24-21-18-15-12-9-3)76-67(71)60-57-54-51-48-45-42-38-29-26-23-20-17-14-11-8-2/h19,22,28,30,32-33,35-36,55,58,64-65H,7-18,20-21,23-27,29,31,34,37-54,56-57,59-63H2,1-6H3,(H-,68,70,72,73)/b22-19-,30-28-,33-32-,36-35-,58-55-. The number of likely N-dealkylation sites (N-methyl/N-ethyl adjacent to an activating group) is 1. The molecule has 0 saturated carbocycles. The number of hydrogen-bond acceptors (Lipinski definition) is 7. The molecule has 0 fully saturated rings. The summed E-state index contributed by atoms with van der Waals surface area (Å²) in [5.41, 5.74) is 0. The van der Waals surface area contributed by atoms with Gasteiger partial charge in [-0.05, 0) is 76.7 Å². The zero-order valence-electron chi connectivity index (χ0n) is 51.4. The summed E-state index contributed by atoms with van der Waals surface area (Å²) >= 11 is 0. The van der Waals surface area contributed by atoms with Crippen LogP contribution in [-0.2, 0) is 27.9 Å². The van der Waals surface area contributed by atoms with Crippen LogP contribution < -0.4 is 10.2 Å². The topological polar surface area (TPSA) is 114 Å². The molecule has 0 saturated heterocycles. The minimum Gasteiger partial charge on any atom is -0.756 e. The highest BCUT2D eigenvalue weighted by Gasteiger charge is 2.27. The molecule has 0 rings (SSSR count). The number of phosphoric ester groups is 1. The van der Waals surface area contributed by atoms with E-state index < -0.39 is 26.6 Å². The fourth-order valence-corrected chi connectivity index (χ4v) is 10.1. The number of carbonyl (C=O) groups is 2. The quantitative estimate of drug-likeness (QED) is 0.0212. The van der Waals surface area contributed by atoms with Crippen molar-refractivity contribution in [2.45, 2.75) is 315 Å². The lowest BCUT2D eigenvalue weighted by molar-refractivity contribution is -0.870. The molecule has 1 N–H and O–H groups in total. The number of quaternary nitrogens is 1. The van der Waals surface area contributed by atoms with Crippen molar-refractivity contribution in [1.82, 2.24) is 5.32 Å². The number of nitrogens with zero attached hydrogens (tertiary/aromatic N) is 1. The van der Waals surface area contributed by atoms with Crippen LogP contribution in [0.4, 0.5) is 0 Å². The molecule has 3 atom stereocenters. The second-order valence-electron chi connectivity index (χ2n) is 23.3. The summed E-state index contributed by atoms with van der Waals surface area (Å²) in [6, 6.07) is -0.894. The van der Waals surface area contributed by atoms with Gasteiger partial charge in [0.2, 0.25) is 5.91 Å². The van der Waals surface area contributed by atoms with Gasteiger partial charge in [-0.25, -0.2) is 0 Å². The van der Waals surface area contributed by atoms with Crippen LogP contribution in [0.3, 0.4) is 0 Å². The molecule has 0 aliphatic heterocycles. The number of carbonyl (C=O) groups excluding carboxylic acids is 2. The Morgan fingerprint density at radius 2 is 0.792 bits per heavy atom. The molecule has 0 aromatic rings. The third-order valence-corrected chi connectivity index (χ3v) is 15.4. The van der Waals surface area contributed by atoms with E-state index in [4.69, 9.17) is 13.8 Å². The summed E-state index contributed by atoms with van der Waals surface area (Å²) in [6.07, 6.45) is 71.8. The number of rotatable bonds is 59. The predicted molar refractivity (Wildman–Crippen MR) is 330 cm³/mol. The van der Waals surface area contributed by atoms with Crippen molar-refractivity contribution in [3.63, 3.8) is 0 Å². The van der Waals surface area contributed by atoms with E-state index in [1.54, 1.807) is 0 Å². The molecule has 0 spiro atoms. The first kappa shape index (κ1) is 74.7. The summed E-state index contributed by atoms with van der Waals surface area (Å²) in [7, 11) is 1.18. The summed E-state index contributed by atoms with van der Waals surface area (Å²) in [5.74, 6) is -0.543. The molecule has 1 amide bonds. The first-order valence-corrected chi connectivity index (χ1v) is 34.1. The van der Waals surface area contributed by atoms with Crippen LogP contribution in [0, 0.1) is 0 Å². The van der Waals surface area contributed by atoms with Crippen molar-refractivity contribution < 1.29 is 37.3 Å². The second kappa shape index (κ2) is 57.0. The fraction of sp³-hybridized carbons (Fsp3) is 0.821. The van der Waals surface area contributed by atoms with Gasteiger partial charge < -0.3 is 28.5 Å². The van der Waals surface area contributed by atoms with E-state index in [0.29, 0.717) is 17.4 Å². The molecule has 9 nitrogen and oxygen atoms in total. The zero-order chi connectivity index (χ0) is 56.4. The molecule has 3 unspecified atom stereocenters. The van der Waals surface area contributed by atoms with Crippen molar-refractivity contribution in [1.29, 1.82) is 0 Å². The second-order valence-corrected chi connectivity index (χ2v) is 24.7. The van der Waals surface area contributed by atoms with Gasteiger partial charge in [0.25, 0.3) is 7.82 Å². The highest BCUT2D eigenvalue weighted by atomic mass is 31.2. The lowest BCUT2D eigenvalue weighted by Crippen LogP contribution is -2.47. The number of hydrogen-bond donors (Lipinski definition) is 1. The number of ether oxygens (including phenoxy) is 1. The van der Waals surface area contributed by atoms with Gasteiger partial charge in [0.1, 0.15) is 19.3 Å². The molecule has 77 heavy (non-hydrogen) atoms. The van der Waals surface area contributed by atoms with Crippen LogP contribution in [0.2, 0.25) is 0 Å². The minimum atomic E-state index is -4.70. The highest BCUT2D eigenvalue weighted by Crippen LogP contribution is 2.38. The zero-order valence-corrected chi connectivity index (χ0v) is 52.3. The normalized spacial score (nSPS) is 14.0. The summed E-state index contributed by atoms with van der Waals surface area (Å²) in [4.78, 5) is 40.0. The van der Waals surface area contributed by atoms with Gasteiger partial charge in [-0.3, -0.25) is 14.2 Å². The largest absolute Gasteiger partial charge is 0.756 e. The van der Waals surface area contributed by atoms with Crippen LogP contribution in [0.25, 0.3) is 0 Å². The van der Waals surface area contributed by atoms with E-state index >= 15 is 0 Å². The van der Waals surface area contributed by atoms with Gasteiger partial charge in [0, 0.05) is 12.8 Å². The number of allylic oxidation sites excluding steroid dienone is 9. The number of phosphoric acid groups is 1. The Hall–Kier alpha value is -2.29. The molecule has 0 aromatic heterocycles. The van der Waals surface area contributed by atoms with Crippen molar-refractivity contribution in [2.24, 2.45) is 0 Å². The molecule has 10 heteroatoms. The molecule has 0 bridgehead atoms. The van der Waals surface area contributed by atoms with Crippen LogP contribution >= 0.6 is 7.82 Å². The fourth-order valence-electron chi connectivity index (χ4n) is 9.39. The Bertz CT molecular complexity index is 1500. The third kappa shape index (κ3) is 58.2. The predicted octanol–water partition coefficient (Wildman–Crippen LogP) is 19.6. The van der Waals surface area contributed by atoms with Crippen molar-refractivity contribution in [2.75, 3.05) is 40.9 Å². The average molecular weight is 1100 g/mol. The van der Waals surface area contributed by atoms with Crippen molar-refractivity contribution in [3.8, 4) is 0 Å². The van der Waals surface area contributed by atoms with Crippen LogP contribution in [0.15, 0.2) is 60.8 Å². The Kier molecular flexibility index (Phi) is 55.3. The van der Waals surface area contributed by atoms with E-state index in [1.807, 2.05) is 33.3 Å². The van der Waals surface area contributed by atoms with Gasteiger partial charge in [-0.2, -0.15) is 0 Å². The molecular weight excluding hydrogens is 976 g/mol. The Morgan fingerprint density at radius 3 is 1.21 bits per heavy atom. The third-order valence-electron chi connectivity index (χ3n) is 14.5. The molecule has 450 valence electrons. The summed E-state index contributed by atoms with van der Waals surface area (Å²) < 4.78 is 30.4. The summed E-state index contributed by atoms with van der Waals surface area (Å²) in [5, 5.41) is 3.03. The van der Waals surface area contributed by atoms with Gasteiger partial charge in [-0.15, -0.1) is 0 Å². The van der Waals surface area contributed by atoms with Gasteiger partial charge in [0.05, 0.1) is 33.8 Å². The molecule has 0 aliphatic carbocycles. The highest BCUT2D eigenvalue weighted by molar-refractivity contribution is 7.45. The first-order chi connectivity index (χ1) is 37.4. The molecule has 0 aliphatic rings. The molecular formula is C67H125N2O7P. The van der Waals surface area contributed by atoms with E-state index in [-0.39, 0.29) is 24.9 Å². The molecule has 0 aromatic carbocycles. The van der Waals surface area contributed by atoms with Gasteiger partial charge >= 0.3 is 5.97 Å². The molecule has 0 heterocycles. The van der Waals surface area contributed by atoms with Crippen molar-refractivity contribution >= 4 is 19.7 Å². The van der Waals surface area contributed by atoms with Crippen LogP contribution in [-0.4, -0.2) is 69.4 Å². The Labute approximate surface area is 477 Å². The van der Waals surface area contributed by atoms with Crippen LogP contribution in [0.5, 0.6) is 0 Å². The lowest BCUT2D eigenvalue weighted by atomic mass is 10.0. The summed E-state index contributed by atoms with van der Waals surface area (Å²) in [6.45, 7) is 6.83. The number of amides is 1. The maximum absolute atomic E-state index is 13.6. The first-order valence-electron chi connectivity index (χ1n) is 32.6. The number of esters is 1. The Morgan fingerprint density at radius 1 is 0.455 bits per heavy atom. The SMILES string of the molecule is CCCCC/C=C\C/C=C\C/C=C\C/C=C\CCCCCCCCCC(=O)NC(COP(=O)([O-])OCC[N+](C)(C)C)C(/C=C\CCCCCCCCCCCCC)OC(=O)CCCCCCCCCCCCCCCCC. The van der Waals surface area contributed by atoms with E-state index in [1.165, 1.54) is 180 Å². The van der Waals surface area contributed by atoms with E-state index in [9.17, 15) is 19.0 Å². The monoisotopic (exact) mass is 1100 g/mol. The van der Waals surface area contributed by atoms with Gasteiger partial charge in [0.15, 0.2) is 0 Å². The maximum Gasteiger partial charge on any atom is 0.306 e. The van der Waals surface area contributed by atoms with Crippen LogP contribution in [0.1, 0.15) is 303 Å². The lowest BCUT2D eigenvalue weighted by Gasteiger charge is -2.30.